The molecule has 1 aromatic carbocycles. The van der Waals surface area contributed by atoms with E-state index in [9.17, 15) is 0 Å². The van der Waals surface area contributed by atoms with Gasteiger partial charge >= 0.3 is 0 Å². The molecule has 2 N–H and O–H groups in total. The molecule has 0 radical (unpaired) electrons. The first kappa shape index (κ1) is 14.1. The first-order chi connectivity index (χ1) is 9.65. The van der Waals surface area contributed by atoms with Crippen LogP contribution in [-0.4, -0.2) is 30.1 Å². The summed E-state index contributed by atoms with van der Waals surface area (Å²) in [6.45, 7) is 6.88. The van der Waals surface area contributed by atoms with Gasteiger partial charge in [0.05, 0.1) is 0 Å². The van der Waals surface area contributed by atoms with Crippen LogP contribution in [0.4, 0.5) is 0 Å². The molecule has 2 unspecified atom stereocenters. The Labute approximate surface area is 123 Å². The molecule has 1 aliphatic heterocycles. The van der Waals surface area contributed by atoms with E-state index in [1.807, 2.05) is 0 Å². The van der Waals surface area contributed by atoms with Crippen LogP contribution in [0.25, 0.3) is 0 Å². The topological polar surface area (TPSA) is 29.3 Å². The van der Waals surface area contributed by atoms with Gasteiger partial charge in [0.1, 0.15) is 0 Å². The van der Waals surface area contributed by atoms with Crippen molar-refractivity contribution in [1.82, 2.24) is 4.90 Å². The van der Waals surface area contributed by atoms with E-state index in [0.29, 0.717) is 12.0 Å². The van der Waals surface area contributed by atoms with E-state index in [-0.39, 0.29) is 0 Å². The number of rotatable bonds is 3. The maximum atomic E-state index is 6.32. The third-order valence-corrected chi connectivity index (χ3v) is 5.24. The Morgan fingerprint density at radius 3 is 2.40 bits per heavy atom. The van der Waals surface area contributed by atoms with Crippen LogP contribution in [0.2, 0.25) is 0 Å². The number of hydrogen-bond donors (Lipinski definition) is 1. The maximum Gasteiger partial charge on any atom is 0.0174 e. The second-order valence-electron chi connectivity index (χ2n) is 6.97. The molecule has 2 fully saturated rings. The Balaban J connectivity index is 1.68. The SMILES string of the molecule is CCc1ccc(C2CC(N)CN(C3CC(C)C3)C2)cc1. The molecule has 0 amide bonds. The lowest BCUT2D eigenvalue weighted by molar-refractivity contribution is 0.0542. The molecule has 1 aromatic rings. The van der Waals surface area contributed by atoms with Crippen LogP contribution in [0.1, 0.15) is 50.2 Å². The fraction of sp³-hybridized carbons (Fsp3) is 0.667. The summed E-state index contributed by atoms with van der Waals surface area (Å²) in [6.07, 6.45) is 5.00. The van der Waals surface area contributed by atoms with Gasteiger partial charge in [0.15, 0.2) is 0 Å². The van der Waals surface area contributed by atoms with Gasteiger partial charge in [0, 0.05) is 25.2 Å². The van der Waals surface area contributed by atoms with Gasteiger partial charge < -0.3 is 5.73 Å². The molecule has 0 aromatic heterocycles. The minimum atomic E-state index is 0.343. The molecule has 1 aliphatic carbocycles. The van der Waals surface area contributed by atoms with E-state index in [4.69, 9.17) is 5.73 Å². The van der Waals surface area contributed by atoms with Crippen molar-refractivity contribution < 1.29 is 0 Å². The molecule has 2 heteroatoms. The number of nitrogens with two attached hydrogens (primary N) is 1. The van der Waals surface area contributed by atoms with Crippen LogP contribution in [0.3, 0.4) is 0 Å². The van der Waals surface area contributed by atoms with Crippen molar-refractivity contribution in [3.8, 4) is 0 Å². The number of likely N-dealkylation sites (tertiary alicyclic amines) is 1. The van der Waals surface area contributed by atoms with Gasteiger partial charge in [0.2, 0.25) is 0 Å². The second kappa shape index (κ2) is 5.87. The highest BCUT2D eigenvalue weighted by molar-refractivity contribution is 5.26. The molecule has 2 atom stereocenters. The molecular weight excluding hydrogens is 244 g/mol. The average molecular weight is 272 g/mol. The standard InChI is InChI=1S/C18H28N2/c1-3-14-4-6-15(7-5-14)16-10-17(19)12-20(11-16)18-8-13(2)9-18/h4-7,13,16-18H,3,8-12,19H2,1-2H3. The molecule has 2 aliphatic rings. The number of benzene rings is 1. The molecule has 110 valence electrons. The molecule has 0 spiro atoms. The van der Waals surface area contributed by atoms with Crippen molar-refractivity contribution >= 4 is 0 Å². The van der Waals surface area contributed by atoms with Crippen molar-refractivity contribution in [2.45, 2.75) is 57.5 Å². The summed E-state index contributed by atoms with van der Waals surface area (Å²) in [5, 5.41) is 0. The Morgan fingerprint density at radius 2 is 1.80 bits per heavy atom. The zero-order valence-electron chi connectivity index (χ0n) is 12.9. The Morgan fingerprint density at radius 1 is 1.10 bits per heavy atom. The molecule has 0 bridgehead atoms. The van der Waals surface area contributed by atoms with E-state index in [2.05, 4.69) is 43.0 Å². The minimum Gasteiger partial charge on any atom is -0.327 e. The van der Waals surface area contributed by atoms with E-state index in [1.165, 1.54) is 30.5 Å². The lowest BCUT2D eigenvalue weighted by Crippen LogP contribution is -2.53. The van der Waals surface area contributed by atoms with Gasteiger partial charge in [-0.1, -0.05) is 38.1 Å². The highest BCUT2D eigenvalue weighted by atomic mass is 15.2. The van der Waals surface area contributed by atoms with Crippen molar-refractivity contribution in [2.75, 3.05) is 13.1 Å². The van der Waals surface area contributed by atoms with E-state index in [0.717, 1.165) is 31.3 Å². The molecule has 3 rings (SSSR count). The van der Waals surface area contributed by atoms with Crippen LogP contribution in [0.15, 0.2) is 24.3 Å². The summed E-state index contributed by atoms with van der Waals surface area (Å²) < 4.78 is 0. The summed E-state index contributed by atoms with van der Waals surface area (Å²) in [4.78, 5) is 2.66. The summed E-state index contributed by atoms with van der Waals surface area (Å²) in [7, 11) is 0. The van der Waals surface area contributed by atoms with Gasteiger partial charge in [-0.25, -0.2) is 0 Å². The molecule has 20 heavy (non-hydrogen) atoms. The maximum absolute atomic E-state index is 6.32. The van der Waals surface area contributed by atoms with E-state index < -0.39 is 0 Å². The zero-order chi connectivity index (χ0) is 14.1. The van der Waals surface area contributed by atoms with Crippen molar-refractivity contribution in [3.63, 3.8) is 0 Å². The van der Waals surface area contributed by atoms with Crippen LogP contribution in [0, 0.1) is 5.92 Å². The van der Waals surface area contributed by atoms with Crippen LogP contribution < -0.4 is 5.73 Å². The number of nitrogens with zero attached hydrogens (tertiary/aromatic N) is 1. The molecule has 1 heterocycles. The largest absolute Gasteiger partial charge is 0.327 e. The fourth-order valence-electron chi connectivity index (χ4n) is 3.90. The lowest BCUT2D eigenvalue weighted by atomic mass is 9.78. The van der Waals surface area contributed by atoms with Gasteiger partial charge in [-0.3, -0.25) is 4.90 Å². The van der Waals surface area contributed by atoms with Gasteiger partial charge in [0.25, 0.3) is 0 Å². The van der Waals surface area contributed by atoms with E-state index in [1.54, 1.807) is 0 Å². The Kier molecular flexibility index (Phi) is 4.13. The third-order valence-electron chi connectivity index (χ3n) is 5.24. The quantitative estimate of drug-likeness (QED) is 0.916. The van der Waals surface area contributed by atoms with Crippen LogP contribution >= 0.6 is 0 Å². The Bertz CT molecular complexity index is 433. The van der Waals surface area contributed by atoms with E-state index >= 15 is 0 Å². The highest BCUT2D eigenvalue weighted by Crippen LogP contribution is 2.35. The predicted octanol–water partition coefficient (Wildman–Crippen LogP) is 3.16. The molecule has 1 saturated carbocycles. The smallest absolute Gasteiger partial charge is 0.0174 e. The second-order valence-corrected chi connectivity index (χ2v) is 6.97. The minimum absolute atomic E-state index is 0.343. The molecule has 1 saturated heterocycles. The first-order valence-electron chi connectivity index (χ1n) is 8.24. The lowest BCUT2D eigenvalue weighted by Gasteiger charge is -2.47. The first-order valence-corrected chi connectivity index (χ1v) is 8.24. The monoisotopic (exact) mass is 272 g/mol. The summed E-state index contributed by atoms with van der Waals surface area (Å²) in [6, 6.07) is 10.4. The van der Waals surface area contributed by atoms with Crippen molar-refractivity contribution in [2.24, 2.45) is 11.7 Å². The number of hydrogen-bond acceptors (Lipinski definition) is 2. The fourth-order valence-corrected chi connectivity index (χ4v) is 3.90. The summed E-state index contributed by atoms with van der Waals surface area (Å²) >= 11 is 0. The van der Waals surface area contributed by atoms with Gasteiger partial charge in [-0.05, 0) is 48.6 Å². The van der Waals surface area contributed by atoms with Crippen LogP contribution in [-0.2, 0) is 6.42 Å². The summed E-state index contributed by atoms with van der Waals surface area (Å²) in [5.74, 6) is 1.54. The highest BCUT2D eigenvalue weighted by Gasteiger charge is 2.35. The average Bonchev–Trinajstić information content (AvgIpc) is 2.43. The molecule has 2 nitrogen and oxygen atoms in total. The zero-order valence-corrected chi connectivity index (χ0v) is 12.9. The van der Waals surface area contributed by atoms with Crippen molar-refractivity contribution in [1.29, 1.82) is 0 Å². The Hall–Kier alpha value is -0.860. The number of aryl methyl sites for hydroxylation is 1. The van der Waals surface area contributed by atoms with Gasteiger partial charge in [-0.2, -0.15) is 0 Å². The normalized spacial score (nSPS) is 34.8. The molecular formula is C18H28N2. The third kappa shape index (κ3) is 2.91. The summed E-state index contributed by atoms with van der Waals surface area (Å²) in [5.41, 5.74) is 9.23. The predicted molar refractivity (Wildman–Crippen MR) is 84.9 cm³/mol. The van der Waals surface area contributed by atoms with Crippen molar-refractivity contribution in [3.05, 3.63) is 35.4 Å². The van der Waals surface area contributed by atoms with Gasteiger partial charge in [-0.15, -0.1) is 0 Å². The number of piperidine rings is 1. The van der Waals surface area contributed by atoms with Crippen LogP contribution in [0.5, 0.6) is 0 Å².